The van der Waals surface area contributed by atoms with Gasteiger partial charge in [0, 0.05) is 32.8 Å². The maximum Gasteiger partial charge on any atom is 0.0820 e. The fourth-order valence-electron chi connectivity index (χ4n) is 2.21. The van der Waals surface area contributed by atoms with Gasteiger partial charge >= 0.3 is 0 Å². The largest absolute Gasteiger partial charge is 0.379 e. The molecule has 0 saturated carbocycles. The molecule has 2 N–H and O–H groups in total. The number of nitrogens with two attached hydrogens (primary N) is 1. The normalized spacial score (nSPS) is 25.8. The van der Waals surface area contributed by atoms with E-state index in [0.29, 0.717) is 12.6 Å². The summed E-state index contributed by atoms with van der Waals surface area (Å²) in [5, 5.41) is 0. The highest BCUT2D eigenvalue weighted by Gasteiger charge is 2.22. The Kier molecular flexibility index (Phi) is 5.53. The molecule has 1 aliphatic heterocycles. The molecule has 1 aliphatic rings. The lowest BCUT2D eigenvalue weighted by atomic mass is 10.0. The lowest BCUT2D eigenvalue weighted by molar-refractivity contribution is 0.0484. The smallest absolute Gasteiger partial charge is 0.0820 e. The molecule has 1 fully saturated rings. The minimum atomic E-state index is 0.169. The molecule has 2 unspecified atom stereocenters. The van der Waals surface area contributed by atoms with Crippen LogP contribution in [0.1, 0.15) is 12.8 Å². The van der Waals surface area contributed by atoms with E-state index in [-0.39, 0.29) is 6.10 Å². The molecule has 1 rings (SSSR count). The van der Waals surface area contributed by atoms with Crippen molar-refractivity contribution < 1.29 is 4.74 Å². The van der Waals surface area contributed by atoms with Gasteiger partial charge in [-0.3, -0.25) is 4.90 Å². The maximum atomic E-state index is 5.63. The number of hydrogen-bond donors (Lipinski definition) is 1. The molecule has 0 aromatic rings. The Morgan fingerprint density at radius 1 is 1.60 bits per heavy atom. The van der Waals surface area contributed by atoms with Gasteiger partial charge in [-0.1, -0.05) is 0 Å². The summed E-state index contributed by atoms with van der Waals surface area (Å²) in [5.74, 6) is 0. The number of ether oxygens (including phenoxy) is 1. The van der Waals surface area contributed by atoms with Crippen molar-refractivity contribution in [3.63, 3.8) is 0 Å². The van der Waals surface area contributed by atoms with Crippen LogP contribution in [0.3, 0.4) is 0 Å². The van der Waals surface area contributed by atoms with E-state index >= 15 is 0 Å². The average molecular weight is 215 g/mol. The summed E-state index contributed by atoms with van der Waals surface area (Å²) in [7, 11) is 6.10. The fraction of sp³-hybridized carbons (Fsp3) is 1.00. The van der Waals surface area contributed by atoms with Gasteiger partial charge in [0.25, 0.3) is 0 Å². The third-order valence-corrected chi connectivity index (χ3v) is 3.31. The fourth-order valence-corrected chi connectivity index (χ4v) is 2.21. The van der Waals surface area contributed by atoms with Crippen molar-refractivity contribution in [1.82, 2.24) is 9.80 Å². The van der Waals surface area contributed by atoms with Gasteiger partial charge in [-0.2, -0.15) is 0 Å². The van der Waals surface area contributed by atoms with Crippen LogP contribution >= 0.6 is 0 Å². The van der Waals surface area contributed by atoms with Crippen molar-refractivity contribution in [3.8, 4) is 0 Å². The second kappa shape index (κ2) is 6.43. The molecule has 4 heteroatoms. The summed E-state index contributed by atoms with van der Waals surface area (Å²) in [6, 6.07) is 0.660. The topological polar surface area (TPSA) is 41.7 Å². The highest BCUT2D eigenvalue weighted by molar-refractivity contribution is 4.79. The van der Waals surface area contributed by atoms with Crippen molar-refractivity contribution in [3.05, 3.63) is 0 Å². The van der Waals surface area contributed by atoms with Crippen LogP contribution in [0.25, 0.3) is 0 Å². The van der Waals surface area contributed by atoms with Gasteiger partial charge in [-0.05, 0) is 33.5 Å². The molecule has 0 radical (unpaired) electrons. The summed E-state index contributed by atoms with van der Waals surface area (Å²) < 4.78 is 5.31. The van der Waals surface area contributed by atoms with Gasteiger partial charge in [0.1, 0.15) is 0 Å². The summed E-state index contributed by atoms with van der Waals surface area (Å²) in [5.41, 5.74) is 5.63. The minimum Gasteiger partial charge on any atom is -0.379 e. The zero-order chi connectivity index (χ0) is 11.3. The number of rotatable bonds is 5. The van der Waals surface area contributed by atoms with Crippen molar-refractivity contribution in [2.24, 2.45) is 5.73 Å². The Morgan fingerprint density at radius 2 is 2.33 bits per heavy atom. The zero-order valence-corrected chi connectivity index (χ0v) is 10.3. The van der Waals surface area contributed by atoms with Gasteiger partial charge in [0.15, 0.2) is 0 Å². The molecule has 1 saturated heterocycles. The Balaban J connectivity index is 2.34. The highest BCUT2D eigenvalue weighted by atomic mass is 16.5. The first-order chi connectivity index (χ1) is 7.17. The first-order valence-electron chi connectivity index (χ1n) is 5.79. The lowest BCUT2D eigenvalue weighted by Crippen LogP contribution is -2.48. The molecule has 15 heavy (non-hydrogen) atoms. The van der Waals surface area contributed by atoms with Crippen LogP contribution in [0.5, 0.6) is 0 Å². The van der Waals surface area contributed by atoms with Crippen molar-refractivity contribution in [1.29, 1.82) is 0 Å². The Bertz CT molecular complexity index is 173. The monoisotopic (exact) mass is 215 g/mol. The SMILES string of the molecule is COC(CN)CN(C)C1CCCN(C)C1. The van der Waals surface area contributed by atoms with Gasteiger partial charge in [-0.15, -0.1) is 0 Å². The van der Waals surface area contributed by atoms with E-state index < -0.39 is 0 Å². The third-order valence-electron chi connectivity index (χ3n) is 3.31. The van der Waals surface area contributed by atoms with Crippen molar-refractivity contribution in [2.75, 3.05) is 47.4 Å². The number of nitrogens with zero attached hydrogens (tertiary/aromatic N) is 2. The molecule has 0 amide bonds. The van der Waals surface area contributed by atoms with Crippen LogP contribution in [0, 0.1) is 0 Å². The van der Waals surface area contributed by atoms with E-state index in [2.05, 4.69) is 23.9 Å². The molecule has 90 valence electrons. The van der Waals surface area contributed by atoms with Crippen molar-refractivity contribution >= 4 is 0 Å². The van der Waals surface area contributed by atoms with E-state index in [1.807, 2.05) is 0 Å². The average Bonchev–Trinajstić information content (AvgIpc) is 2.25. The highest BCUT2D eigenvalue weighted by Crippen LogP contribution is 2.13. The zero-order valence-electron chi connectivity index (χ0n) is 10.3. The van der Waals surface area contributed by atoms with E-state index in [1.165, 1.54) is 19.4 Å². The molecule has 0 aliphatic carbocycles. The van der Waals surface area contributed by atoms with E-state index in [0.717, 1.165) is 13.1 Å². The number of piperidine rings is 1. The third kappa shape index (κ3) is 4.07. The van der Waals surface area contributed by atoms with Crippen LogP contribution in [0.4, 0.5) is 0 Å². The molecule has 2 atom stereocenters. The second-order valence-electron chi connectivity index (χ2n) is 4.59. The van der Waals surface area contributed by atoms with Crippen molar-refractivity contribution in [2.45, 2.75) is 25.0 Å². The number of hydrogen-bond acceptors (Lipinski definition) is 4. The number of likely N-dealkylation sites (tertiary alicyclic amines) is 1. The molecule has 1 heterocycles. The quantitative estimate of drug-likeness (QED) is 0.700. The van der Waals surface area contributed by atoms with E-state index in [1.54, 1.807) is 7.11 Å². The van der Waals surface area contributed by atoms with Crippen LogP contribution in [0.15, 0.2) is 0 Å². The Labute approximate surface area is 93.4 Å². The van der Waals surface area contributed by atoms with E-state index in [9.17, 15) is 0 Å². The summed E-state index contributed by atoms with van der Waals surface area (Å²) in [6.07, 6.45) is 2.76. The molecule has 0 spiro atoms. The summed E-state index contributed by atoms with van der Waals surface area (Å²) in [6.45, 7) is 3.93. The number of methoxy groups -OCH3 is 1. The molecule has 0 aromatic carbocycles. The molecule has 0 bridgehead atoms. The molecular formula is C11H25N3O. The van der Waals surface area contributed by atoms with Gasteiger partial charge in [0.2, 0.25) is 0 Å². The summed E-state index contributed by atoms with van der Waals surface area (Å²) in [4.78, 5) is 4.78. The standard InChI is InChI=1S/C11H25N3O/c1-13-6-4-5-10(8-13)14(2)9-11(7-12)15-3/h10-11H,4-9,12H2,1-3H3. The first kappa shape index (κ1) is 12.9. The predicted molar refractivity (Wildman–Crippen MR) is 63.0 cm³/mol. The van der Waals surface area contributed by atoms with Gasteiger partial charge < -0.3 is 15.4 Å². The van der Waals surface area contributed by atoms with Gasteiger partial charge in [0.05, 0.1) is 6.10 Å². The summed E-state index contributed by atoms with van der Waals surface area (Å²) >= 11 is 0. The second-order valence-corrected chi connectivity index (χ2v) is 4.59. The molecule has 4 nitrogen and oxygen atoms in total. The van der Waals surface area contributed by atoms with Crippen LogP contribution in [0.2, 0.25) is 0 Å². The Hall–Kier alpha value is -0.160. The Morgan fingerprint density at radius 3 is 2.87 bits per heavy atom. The maximum absolute atomic E-state index is 5.63. The lowest BCUT2D eigenvalue weighted by Gasteiger charge is -2.37. The molecule has 0 aromatic heterocycles. The minimum absolute atomic E-state index is 0.169. The molecular weight excluding hydrogens is 190 g/mol. The van der Waals surface area contributed by atoms with Gasteiger partial charge in [-0.25, -0.2) is 0 Å². The van der Waals surface area contributed by atoms with Crippen LogP contribution in [-0.4, -0.2) is 69.3 Å². The van der Waals surface area contributed by atoms with E-state index in [4.69, 9.17) is 10.5 Å². The van der Waals surface area contributed by atoms with Crippen LogP contribution < -0.4 is 5.73 Å². The first-order valence-corrected chi connectivity index (χ1v) is 5.79. The van der Waals surface area contributed by atoms with Crippen LogP contribution in [-0.2, 0) is 4.74 Å². The number of likely N-dealkylation sites (N-methyl/N-ethyl adjacent to an activating group) is 2. The predicted octanol–water partition coefficient (Wildman–Crippen LogP) is -0.0139.